The molecule has 1 heterocycles. The smallest absolute Gasteiger partial charge is 0.263 e. The van der Waals surface area contributed by atoms with Crippen molar-refractivity contribution in [3.05, 3.63) is 42.6 Å². The maximum Gasteiger partial charge on any atom is 0.263 e. The maximum atomic E-state index is 11.9. The van der Waals surface area contributed by atoms with Crippen LogP contribution in [0, 0.1) is 0 Å². The minimum absolute atomic E-state index is 0.153. The van der Waals surface area contributed by atoms with Crippen molar-refractivity contribution in [1.82, 2.24) is 4.98 Å². The summed E-state index contributed by atoms with van der Waals surface area (Å²) in [4.78, 5) is 15.9. The lowest BCUT2D eigenvalue weighted by Gasteiger charge is -2.11. The summed E-state index contributed by atoms with van der Waals surface area (Å²) in [6.07, 6.45) is 1.57. The van der Waals surface area contributed by atoms with Crippen LogP contribution in [0.4, 0.5) is 5.82 Å². The predicted octanol–water partition coefficient (Wildman–Crippen LogP) is 2.12. The number of amides is 1. The van der Waals surface area contributed by atoms with Gasteiger partial charge in [-0.05, 0) is 24.3 Å². The SMILES string of the molecule is COc1ccccc1OCC(=O)Nc1ncccc1OC. The monoisotopic (exact) mass is 288 g/mol. The summed E-state index contributed by atoms with van der Waals surface area (Å²) in [5.41, 5.74) is 0. The molecule has 1 aromatic carbocycles. The quantitative estimate of drug-likeness (QED) is 0.881. The largest absolute Gasteiger partial charge is 0.493 e. The van der Waals surface area contributed by atoms with Gasteiger partial charge in [-0.2, -0.15) is 0 Å². The number of carbonyl (C=O) groups is 1. The van der Waals surface area contributed by atoms with E-state index >= 15 is 0 Å². The Morgan fingerprint density at radius 3 is 2.43 bits per heavy atom. The first-order valence-electron chi connectivity index (χ1n) is 6.29. The summed E-state index contributed by atoms with van der Waals surface area (Å²) in [5, 5.41) is 2.63. The van der Waals surface area contributed by atoms with E-state index in [9.17, 15) is 4.79 Å². The Labute approximate surface area is 122 Å². The zero-order valence-electron chi connectivity index (χ0n) is 11.8. The zero-order valence-corrected chi connectivity index (χ0v) is 11.8. The second-order valence-electron chi connectivity index (χ2n) is 4.04. The van der Waals surface area contributed by atoms with Gasteiger partial charge in [0.05, 0.1) is 14.2 Å². The highest BCUT2D eigenvalue weighted by atomic mass is 16.5. The Morgan fingerprint density at radius 1 is 1.05 bits per heavy atom. The van der Waals surface area contributed by atoms with E-state index in [1.165, 1.54) is 7.11 Å². The van der Waals surface area contributed by atoms with Crippen molar-refractivity contribution in [2.45, 2.75) is 0 Å². The van der Waals surface area contributed by atoms with Crippen LogP contribution in [-0.2, 0) is 4.79 Å². The van der Waals surface area contributed by atoms with Crippen LogP contribution in [0.2, 0.25) is 0 Å². The number of hydrogen-bond donors (Lipinski definition) is 1. The van der Waals surface area contributed by atoms with Gasteiger partial charge in [-0.3, -0.25) is 4.79 Å². The number of anilines is 1. The molecule has 1 amide bonds. The van der Waals surface area contributed by atoms with Crippen molar-refractivity contribution >= 4 is 11.7 Å². The Kier molecular flexibility index (Phi) is 4.98. The van der Waals surface area contributed by atoms with E-state index in [4.69, 9.17) is 14.2 Å². The molecule has 0 aliphatic carbocycles. The lowest BCUT2D eigenvalue weighted by atomic mass is 10.3. The average Bonchev–Trinajstić information content (AvgIpc) is 2.53. The van der Waals surface area contributed by atoms with Gasteiger partial charge in [0.25, 0.3) is 5.91 Å². The van der Waals surface area contributed by atoms with Crippen LogP contribution in [-0.4, -0.2) is 31.7 Å². The Balaban J connectivity index is 1.96. The third-order valence-electron chi connectivity index (χ3n) is 2.68. The van der Waals surface area contributed by atoms with Crippen LogP contribution in [0.3, 0.4) is 0 Å². The van der Waals surface area contributed by atoms with Crippen LogP contribution < -0.4 is 19.5 Å². The number of ether oxygens (including phenoxy) is 3. The standard InChI is InChI=1S/C15H16N2O4/c1-19-11-6-3-4-7-12(11)21-10-14(18)17-15-13(20-2)8-5-9-16-15/h3-9H,10H2,1-2H3,(H,16,17,18). The van der Waals surface area contributed by atoms with Gasteiger partial charge in [0.15, 0.2) is 29.7 Å². The van der Waals surface area contributed by atoms with Gasteiger partial charge in [-0.1, -0.05) is 12.1 Å². The highest BCUT2D eigenvalue weighted by molar-refractivity contribution is 5.92. The number of para-hydroxylation sites is 2. The third-order valence-corrected chi connectivity index (χ3v) is 2.68. The Morgan fingerprint density at radius 2 is 1.71 bits per heavy atom. The predicted molar refractivity (Wildman–Crippen MR) is 77.9 cm³/mol. The first-order valence-corrected chi connectivity index (χ1v) is 6.29. The van der Waals surface area contributed by atoms with Crippen molar-refractivity contribution in [3.8, 4) is 17.2 Å². The molecule has 6 heteroatoms. The number of nitrogens with one attached hydrogen (secondary N) is 1. The number of methoxy groups -OCH3 is 2. The fraction of sp³-hybridized carbons (Fsp3) is 0.200. The van der Waals surface area contributed by atoms with Crippen LogP contribution in [0.15, 0.2) is 42.6 Å². The molecule has 6 nitrogen and oxygen atoms in total. The summed E-state index contributed by atoms with van der Waals surface area (Å²) >= 11 is 0. The van der Waals surface area contributed by atoms with E-state index in [1.807, 2.05) is 6.07 Å². The van der Waals surface area contributed by atoms with Gasteiger partial charge in [0.1, 0.15) is 0 Å². The van der Waals surface area contributed by atoms with E-state index in [0.717, 1.165) is 0 Å². The molecule has 110 valence electrons. The van der Waals surface area contributed by atoms with E-state index in [1.54, 1.807) is 43.6 Å². The Hall–Kier alpha value is -2.76. The molecule has 0 unspecified atom stereocenters. The molecule has 21 heavy (non-hydrogen) atoms. The van der Waals surface area contributed by atoms with Gasteiger partial charge in [0, 0.05) is 6.20 Å². The van der Waals surface area contributed by atoms with Gasteiger partial charge >= 0.3 is 0 Å². The van der Waals surface area contributed by atoms with Crippen LogP contribution in [0.5, 0.6) is 17.2 Å². The van der Waals surface area contributed by atoms with E-state index in [0.29, 0.717) is 23.1 Å². The molecule has 0 fully saturated rings. The van der Waals surface area contributed by atoms with Gasteiger partial charge < -0.3 is 19.5 Å². The van der Waals surface area contributed by atoms with Gasteiger partial charge in [-0.25, -0.2) is 4.98 Å². The number of hydrogen-bond acceptors (Lipinski definition) is 5. The molecular weight excluding hydrogens is 272 g/mol. The maximum absolute atomic E-state index is 11.9. The van der Waals surface area contributed by atoms with Crippen LogP contribution in [0.1, 0.15) is 0 Å². The fourth-order valence-electron chi connectivity index (χ4n) is 1.70. The first-order chi connectivity index (χ1) is 10.2. The lowest BCUT2D eigenvalue weighted by Crippen LogP contribution is -2.21. The average molecular weight is 288 g/mol. The zero-order chi connectivity index (χ0) is 15.1. The topological polar surface area (TPSA) is 69.7 Å². The minimum Gasteiger partial charge on any atom is -0.493 e. The first kappa shape index (κ1) is 14.6. The highest BCUT2D eigenvalue weighted by Crippen LogP contribution is 2.25. The Bertz CT molecular complexity index is 616. The molecule has 0 radical (unpaired) electrons. The molecular formula is C15H16N2O4. The lowest BCUT2D eigenvalue weighted by molar-refractivity contribution is -0.118. The summed E-state index contributed by atoms with van der Waals surface area (Å²) in [7, 11) is 3.05. The molecule has 0 atom stereocenters. The van der Waals surface area contributed by atoms with Crippen molar-refractivity contribution in [3.63, 3.8) is 0 Å². The summed E-state index contributed by atoms with van der Waals surface area (Å²) in [5.74, 6) is 1.58. The van der Waals surface area contributed by atoms with Crippen molar-refractivity contribution < 1.29 is 19.0 Å². The second-order valence-corrected chi connectivity index (χ2v) is 4.04. The van der Waals surface area contributed by atoms with Crippen molar-refractivity contribution in [2.75, 3.05) is 26.1 Å². The number of nitrogens with zero attached hydrogens (tertiary/aromatic N) is 1. The summed E-state index contributed by atoms with van der Waals surface area (Å²) in [6.45, 7) is -0.153. The molecule has 0 saturated heterocycles. The second kappa shape index (κ2) is 7.14. The molecule has 1 N–H and O–H groups in total. The van der Waals surface area contributed by atoms with Crippen molar-refractivity contribution in [1.29, 1.82) is 0 Å². The normalized spacial score (nSPS) is 9.81. The minimum atomic E-state index is -0.335. The molecule has 0 aliphatic rings. The van der Waals surface area contributed by atoms with Crippen molar-refractivity contribution in [2.24, 2.45) is 0 Å². The molecule has 0 spiro atoms. The summed E-state index contributed by atoms with van der Waals surface area (Å²) in [6, 6.07) is 10.5. The number of pyridine rings is 1. The van der Waals surface area contributed by atoms with E-state index in [2.05, 4.69) is 10.3 Å². The number of carbonyl (C=O) groups excluding carboxylic acids is 1. The molecule has 2 rings (SSSR count). The molecule has 0 aliphatic heterocycles. The van der Waals surface area contributed by atoms with E-state index < -0.39 is 0 Å². The molecule has 1 aromatic heterocycles. The summed E-state index contributed by atoms with van der Waals surface area (Å²) < 4.78 is 15.7. The fourth-order valence-corrected chi connectivity index (χ4v) is 1.70. The molecule has 0 saturated carbocycles. The van der Waals surface area contributed by atoms with E-state index in [-0.39, 0.29) is 12.5 Å². The van der Waals surface area contributed by atoms with Gasteiger partial charge in [-0.15, -0.1) is 0 Å². The highest BCUT2D eigenvalue weighted by Gasteiger charge is 2.10. The number of rotatable bonds is 6. The molecule has 0 bridgehead atoms. The van der Waals surface area contributed by atoms with Crippen LogP contribution in [0.25, 0.3) is 0 Å². The van der Waals surface area contributed by atoms with Crippen LogP contribution >= 0.6 is 0 Å². The number of benzene rings is 1. The van der Waals surface area contributed by atoms with Gasteiger partial charge in [0.2, 0.25) is 0 Å². The number of aromatic nitrogens is 1. The third kappa shape index (κ3) is 3.85. The molecule has 2 aromatic rings.